The highest BCUT2D eigenvalue weighted by Crippen LogP contribution is 2.20. The van der Waals surface area contributed by atoms with Crippen molar-refractivity contribution in [3.8, 4) is 5.75 Å². The Kier molecular flexibility index (Phi) is 5.28. The fourth-order valence-corrected chi connectivity index (χ4v) is 2.78. The summed E-state index contributed by atoms with van der Waals surface area (Å²) in [4.78, 5) is 26.5. The van der Waals surface area contributed by atoms with Crippen molar-refractivity contribution in [1.82, 2.24) is 4.90 Å². The average molecular weight is 342 g/mol. The van der Waals surface area contributed by atoms with Crippen LogP contribution >= 0.6 is 0 Å². The van der Waals surface area contributed by atoms with Crippen LogP contribution in [0.5, 0.6) is 5.75 Å². The highest BCUT2D eigenvalue weighted by Gasteiger charge is 2.22. The molecule has 130 valence electrons. The maximum absolute atomic E-state index is 13.8. The molecule has 2 aromatic rings. The number of benzene rings is 2. The number of nitrogens with zero attached hydrogens (tertiary/aromatic N) is 2. The van der Waals surface area contributed by atoms with Crippen molar-refractivity contribution >= 4 is 17.9 Å². The Morgan fingerprint density at radius 3 is 2.36 bits per heavy atom. The van der Waals surface area contributed by atoms with Crippen LogP contribution in [0.3, 0.4) is 0 Å². The van der Waals surface area contributed by atoms with Crippen LogP contribution in [0.1, 0.15) is 10.4 Å². The molecular formula is C19H19FN2O3. The van der Waals surface area contributed by atoms with Gasteiger partial charge < -0.3 is 14.5 Å². The maximum atomic E-state index is 13.8. The summed E-state index contributed by atoms with van der Waals surface area (Å²) in [7, 11) is 0. The van der Waals surface area contributed by atoms with Gasteiger partial charge in [-0.15, -0.1) is 0 Å². The molecule has 0 aliphatic carbocycles. The normalized spacial score (nSPS) is 14.3. The summed E-state index contributed by atoms with van der Waals surface area (Å²) in [6.07, 6.45) is 0.754. The highest BCUT2D eigenvalue weighted by atomic mass is 19.1. The molecule has 0 atom stereocenters. The van der Waals surface area contributed by atoms with Crippen LogP contribution in [0.25, 0.3) is 0 Å². The van der Waals surface area contributed by atoms with E-state index in [0.29, 0.717) is 43.2 Å². The van der Waals surface area contributed by atoms with Crippen molar-refractivity contribution in [1.29, 1.82) is 0 Å². The standard InChI is InChI=1S/C19H19FN2O3/c20-17-3-1-2-4-18(17)21-9-11-22(12-10-21)19(24)14-25-16-7-5-15(13-23)6-8-16/h1-8,13H,9-12,14H2. The number of carbonyl (C=O) groups is 2. The van der Waals surface area contributed by atoms with E-state index in [-0.39, 0.29) is 18.3 Å². The molecule has 6 heteroatoms. The molecule has 1 amide bonds. The van der Waals surface area contributed by atoms with Crippen LogP contribution in [0, 0.1) is 5.82 Å². The molecule has 0 aromatic heterocycles. The van der Waals surface area contributed by atoms with Crippen molar-refractivity contribution in [2.75, 3.05) is 37.7 Å². The predicted molar refractivity (Wildman–Crippen MR) is 92.5 cm³/mol. The van der Waals surface area contributed by atoms with E-state index < -0.39 is 0 Å². The second-order valence-corrected chi connectivity index (χ2v) is 5.79. The van der Waals surface area contributed by atoms with Gasteiger partial charge in [0.25, 0.3) is 5.91 Å². The topological polar surface area (TPSA) is 49.9 Å². The summed E-state index contributed by atoms with van der Waals surface area (Å²) in [6, 6.07) is 13.3. The third-order valence-electron chi connectivity index (χ3n) is 4.20. The molecule has 5 nitrogen and oxygen atoms in total. The van der Waals surface area contributed by atoms with Gasteiger partial charge in [0.05, 0.1) is 5.69 Å². The lowest BCUT2D eigenvalue weighted by Crippen LogP contribution is -2.50. The lowest BCUT2D eigenvalue weighted by atomic mass is 10.2. The van der Waals surface area contributed by atoms with Crippen LogP contribution in [0.2, 0.25) is 0 Å². The number of rotatable bonds is 5. The van der Waals surface area contributed by atoms with Gasteiger partial charge in [0, 0.05) is 31.7 Å². The fraction of sp³-hybridized carbons (Fsp3) is 0.263. The van der Waals surface area contributed by atoms with Gasteiger partial charge in [-0.1, -0.05) is 12.1 Å². The lowest BCUT2D eigenvalue weighted by molar-refractivity contribution is -0.133. The minimum absolute atomic E-state index is 0.0554. The van der Waals surface area contributed by atoms with E-state index in [9.17, 15) is 14.0 Å². The molecule has 1 saturated heterocycles. The van der Waals surface area contributed by atoms with Gasteiger partial charge in [0.2, 0.25) is 0 Å². The third-order valence-corrected chi connectivity index (χ3v) is 4.20. The largest absolute Gasteiger partial charge is 0.484 e. The number of hydrogen-bond acceptors (Lipinski definition) is 4. The summed E-state index contributed by atoms with van der Waals surface area (Å²) in [5.41, 5.74) is 1.13. The Morgan fingerprint density at radius 1 is 1.04 bits per heavy atom. The van der Waals surface area contributed by atoms with Crippen molar-refractivity contribution in [2.45, 2.75) is 0 Å². The Bertz CT molecular complexity index is 741. The molecule has 25 heavy (non-hydrogen) atoms. The quantitative estimate of drug-likeness (QED) is 0.783. The molecule has 1 aliphatic heterocycles. The van der Waals surface area contributed by atoms with Crippen LogP contribution in [0.4, 0.5) is 10.1 Å². The van der Waals surface area contributed by atoms with E-state index in [1.54, 1.807) is 47.4 Å². The van der Waals surface area contributed by atoms with Crippen LogP contribution in [0.15, 0.2) is 48.5 Å². The van der Waals surface area contributed by atoms with Gasteiger partial charge in [-0.2, -0.15) is 0 Å². The first-order chi connectivity index (χ1) is 12.2. The number of anilines is 1. The number of aldehydes is 1. The Morgan fingerprint density at radius 2 is 1.72 bits per heavy atom. The van der Waals surface area contributed by atoms with Gasteiger partial charge >= 0.3 is 0 Å². The number of halogens is 1. The molecule has 3 rings (SSSR count). The van der Waals surface area contributed by atoms with Crippen molar-refractivity contribution < 1.29 is 18.7 Å². The minimum atomic E-state index is -0.246. The molecule has 0 spiro atoms. The lowest BCUT2D eigenvalue weighted by Gasteiger charge is -2.36. The summed E-state index contributed by atoms with van der Waals surface area (Å²) < 4.78 is 19.3. The molecule has 0 saturated carbocycles. The highest BCUT2D eigenvalue weighted by molar-refractivity contribution is 5.78. The first-order valence-corrected chi connectivity index (χ1v) is 8.12. The molecule has 1 fully saturated rings. The number of amides is 1. The molecule has 2 aromatic carbocycles. The van der Waals surface area contributed by atoms with Crippen molar-refractivity contribution in [3.63, 3.8) is 0 Å². The average Bonchev–Trinajstić information content (AvgIpc) is 2.67. The second-order valence-electron chi connectivity index (χ2n) is 5.79. The number of para-hydroxylation sites is 1. The Labute approximate surface area is 145 Å². The summed E-state index contributed by atoms with van der Waals surface area (Å²) >= 11 is 0. The van der Waals surface area contributed by atoms with Crippen molar-refractivity contribution in [3.05, 3.63) is 59.9 Å². The second kappa shape index (κ2) is 7.79. The van der Waals surface area contributed by atoms with E-state index in [1.165, 1.54) is 6.07 Å². The first-order valence-electron chi connectivity index (χ1n) is 8.12. The van der Waals surface area contributed by atoms with E-state index in [2.05, 4.69) is 0 Å². The molecule has 0 N–H and O–H groups in total. The summed E-state index contributed by atoms with van der Waals surface area (Å²) in [5, 5.41) is 0. The van der Waals surface area contributed by atoms with Crippen LogP contribution < -0.4 is 9.64 Å². The third kappa shape index (κ3) is 4.15. The van der Waals surface area contributed by atoms with E-state index in [0.717, 1.165) is 6.29 Å². The smallest absolute Gasteiger partial charge is 0.260 e. The fourth-order valence-electron chi connectivity index (χ4n) is 2.78. The monoisotopic (exact) mass is 342 g/mol. The molecule has 1 heterocycles. The van der Waals surface area contributed by atoms with Gasteiger partial charge in [-0.25, -0.2) is 4.39 Å². The van der Waals surface area contributed by atoms with E-state index in [1.807, 2.05) is 4.90 Å². The van der Waals surface area contributed by atoms with Gasteiger partial charge in [0.15, 0.2) is 6.61 Å². The number of piperazine rings is 1. The zero-order valence-electron chi connectivity index (χ0n) is 13.7. The molecule has 1 aliphatic rings. The van der Waals surface area contributed by atoms with E-state index >= 15 is 0 Å². The Hall–Kier alpha value is -2.89. The van der Waals surface area contributed by atoms with Crippen LogP contribution in [-0.4, -0.2) is 49.9 Å². The SMILES string of the molecule is O=Cc1ccc(OCC(=O)N2CCN(c3ccccc3F)CC2)cc1. The summed E-state index contributed by atoms with van der Waals surface area (Å²) in [5.74, 6) is 0.195. The van der Waals surface area contributed by atoms with Gasteiger partial charge in [0.1, 0.15) is 17.9 Å². The van der Waals surface area contributed by atoms with Crippen molar-refractivity contribution in [2.24, 2.45) is 0 Å². The predicted octanol–water partition coefficient (Wildman–Crippen LogP) is 2.37. The molecule has 0 unspecified atom stereocenters. The maximum Gasteiger partial charge on any atom is 0.260 e. The van der Waals surface area contributed by atoms with E-state index in [4.69, 9.17) is 4.74 Å². The van der Waals surface area contributed by atoms with Gasteiger partial charge in [-0.05, 0) is 36.4 Å². The number of carbonyl (C=O) groups excluding carboxylic acids is 2. The Balaban J connectivity index is 1.49. The minimum Gasteiger partial charge on any atom is -0.484 e. The molecule has 0 bridgehead atoms. The van der Waals surface area contributed by atoms with Crippen LogP contribution in [-0.2, 0) is 4.79 Å². The molecule has 0 radical (unpaired) electrons. The molecular weight excluding hydrogens is 323 g/mol. The summed E-state index contributed by atoms with van der Waals surface area (Å²) in [6.45, 7) is 2.17. The first kappa shape index (κ1) is 17.0. The number of hydrogen-bond donors (Lipinski definition) is 0. The van der Waals surface area contributed by atoms with Gasteiger partial charge in [-0.3, -0.25) is 9.59 Å². The number of ether oxygens (including phenoxy) is 1. The zero-order chi connectivity index (χ0) is 17.6. The zero-order valence-corrected chi connectivity index (χ0v) is 13.7.